The third-order valence-corrected chi connectivity index (χ3v) is 5.29. The van der Waals surface area contributed by atoms with Gasteiger partial charge in [-0.05, 0) is 26.0 Å². The van der Waals surface area contributed by atoms with Crippen LogP contribution in [0.2, 0.25) is 0 Å². The first-order chi connectivity index (χ1) is 13.6. The van der Waals surface area contributed by atoms with Crippen molar-refractivity contribution in [3.05, 3.63) is 47.5 Å². The van der Waals surface area contributed by atoms with Crippen molar-refractivity contribution in [2.75, 3.05) is 20.6 Å². The van der Waals surface area contributed by atoms with Crippen LogP contribution in [0.1, 0.15) is 39.7 Å². The van der Waals surface area contributed by atoms with Gasteiger partial charge in [-0.1, -0.05) is 57.2 Å². The maximum Gasteiger partial charge on any atom is 0.331 e. The first-order valence-corrected chi connectivity index (χ1v) is 9.74. The van der Waals surface area contributed by atoms with Crippen molar-refractivity contribution in [2.24, 2.45) is 0 Å². The molecule has 0 aliphatic heterocycles. The molecule has 0 aliphatic rings. The van der Waals surface area contributed by atoms with E-state index in [1.807, 2.05) is 51.1 Å². The molecule has 0 unspecified atom stereocenters. The number of nitrogens with one attached hydrogen (secondary N) is 2. The van der Waals surface area contributed by atoms with E-state index in [0.717, 1.165) is 5.56 Å². The van der Waals surface area contributed by atoms with Gasteiger partial charge in [0.2, 0.25) is 11.8 Å². The average Bonchev–Trinajstić information content (AvgIpc) is 2.70. The normalized spacial score (nSPS) is 14.1. The lowest BCUT2D eigenvalue weighted by Gasteiger charge is -2.34. The number of carboxylic acid groups (broad SMARTS) is 1. The lowest BCUT2D eigenvalue weighted by Crippen LogP contribution is -2.55. The van der Waals surface area contributed by atoms with E-state index in [1.54, 1.807) is 20.2 Å². The molecule has 0 heterocycles. The summed E-state index contributed by atoms with van der Waals surface area (Å²) in [6.45, 7) is 7.16. The van der Waals surface area contributed by atoms with Crippen LogP contribution in [0.4, 0.5) is 0 Å². The van der Waals surface area contributed by atoms with Crippen LogP contribution in [0.3, 0.4) is 0 Å². The topological polar surface area (TPSA) is 98.7 Å². The van der Waals surface area contributed by atoms with Crippen molar-refractivity contribution in [3.63, 3.8) is 0 Å². The summed E-state index contributed by atoms with van der Waals surface area (Å²) in [5, 5.41) is 14.8. The maximum absolute atomic E-state index is 12.8. The summed E-state index contributed by atoms with van der Waals surface area (Å²) in [4.78, 5) is 37.8. The summed E-state index contributed by atoms with van der Waals surface area (Å²) in [5.74, 6) is -1.57. The molecule has 0 saturated heterocycles. The summed E-state index contributed by atoms with van der Waals surface area (Å²) >= 11 is 0. The number of hydrogen-bond acceptors (Lipinski definition) is 4. The number of rotatable bonds is 10. The Hall–Kier alpha value is -2.67. The molecule has 0 bridgehead atoms. The Kier molecular flexibility index (Phi) is 9.04. The number of likely N-dealkylation sites (N-methyl/N-ethyl adjacent to an activating group) is 2. The van der Waals surface area contributed by atoms with Crippen LogP contribution in [0, 0.1) is 0 Å². The predicted octanol–water partition coefficient (Wildman–Crippen LogP) is 1.94. The molecular weight excluding hydrogens is 370 g/mol. The van der Waals surface area contributed by atoms with Crippen molar-refractivity contribution in [1.29, 1.82) is 0 Å². The quantitative estimate of drug-likeness (QED) is 0.519. The Bertz CT molecular complexity index is 744. The second-order valence-electron chi connectivity index (χ2n) is 7.66. The van der Waals surface area contributed by atoms with Gasteiger partial charge in [0.05, 0.1) is 18.6 Å². The molecule has 7 nitrogen and oxygen atoms in total. The summed E-state index contributed by atoms with van der Waals surface area (Å²) in [5.41, 5.74) is 0.709. The highest BCUT2D eigenvalue weighted by molar-refractivity contribution is 5.89. The van der Waals surface area contributed by atoms with Crippen LogP contribution in [-0.2, 0) is 19.8 Å². The van der Waals surface area contributed by atoms with Crippen molar-refractivity contribution >= 4 is 17.8 Å². The molecule has 0 saturated carbocycles. The first-order valence-electron chi connectivity index (χ1n) is 9.74. The number of nitrogens with zero attached hydrogens (tertiary/aromatic N) is 1. The van der Waals surface area contributed by atoms with Gasteiger partial charge >= 0.3 is 5.97 Å². The zero-order valence-corrected chi connectivity index (χ0v) is 18.2. The third kappa shape index (κ3) is 6.42. The lowest BCUT2D eigenvalue weighted by molar-refractivity contribution is -0.134. The fraction of sp³-hybridized carbons (Fsp3) is 0.500. The smallest absolute Gasteiger partial charge is 0.331 e. The largest absolute Gasteiger partial charge is 0.478 e. The second-order valence-corrected chi connectivity index (χ2v) is 7.66. The third-order valence-electron chi connectivity index (χ3n) is 5.29. The first kappa shape index (κ1) is 24.4. The minimum atomic E-state index is -1.02. The van der Waals surface area contributed by atoms with Crippen LogP contribution in [0.5, 0.6) is 0 Å². The number of aliphatic carboxylic acids is 1. The molecule has 0 radical (unpaired) electrons. The molecule has 29 heavy (non-hydrogen) atoms. The Morgan fingerprint density at radius 2 is 1.79 bits per heavy atom. The number of carbonyl (C=O) groups is 3. The second kappa shape index (κ2) is 10.8. The molecule has 0 aromatic heterocycles. The van der Waals surface area contributed by atoms with Gasteiger partial charge in [-0.2, -0.15) is 0 Å². The van der Waals surface area contributed by atoms with Crippen LogP contribution >= 0.6 is 0 Å². The highest BCUT2D eigenvalue weighted by Gasteiger charge is 2.35. The fourth-order valence-electron chi connectivity index (χ4n) is 3.29. The van der Waals surface area contributed by atoms with Crippen molar-refractivity contribution in [2.45, 2.75) is 51.6 Å². The van der Waals surface area contributed by atoms with E-state index in [2.05, 4.69) is 10.6 Å². The summed E-state index contributed by atoms with van der Waals surface area (Å²) in [6, 6.07) is 8.84. The van der Waals surface area contributed by atoms with Gasteiger partial charge in [0.15, 0.2) is 0 Å². The predicted molar refractivity (Wildman–Crippen MR) is 114 cm³/mol. The molecule has 3 N–H and O–H groups in total. The van der Waals surface area contributed by atoms with Crippen LogP contribution < -0.4 is 10.6 Å². The number of carboxylic acids is 1. The molecule has 0 spiro atoms. The Morgan fingerprint density at radius 3 is 2.28 bits per heavy atom. The Labute approximate surface area is 173 Å². The molecule has 1 rings (SSSR count). The van der Waals surface area contributed by atoms with E-state index in [1.165, 1.54) is 11.8 Å². The minimum Gasteiger partial charge on any atom is -0.478 e. The zero-order valence-electron chi connectivity index (χ0n) is 18.2. The van der Waals surface area contributed by atoms with Crippen molar-refractivity contribution in [1.82, 2.24) is 15.5 Å². The summed E-state index contributed by atoms with van der Waals surface area (Å²) in [7, 11) is 3.33. The van der Waals surface area contributed by atoms with Crippen LogP contribution in [0.15, 0.2) is 42.0 Å². The highest BCUT2D eigenvalue weighted by atomic mass is 16.4. The molecular formula is C22H33N3O4. The zero-order chi connectivity index (χ0) is 22.2. The summed E-state index contributed by atoms with van der Waals surface area (Å²) < 4.78 is 0. The maximum atomic E-state index is 12.8. The van der Waals surface area contributed by atoms with Crippen LogP contribution in [0.25, 0.3) is 0 Å². The van der Waals surface area contributed by atoms with E-state index in [9.17, 15) is 14.4 Å². The monoisotopic (exact) mass is 403 g/mol. The lowest BCUT2D eigenvalue weighted by atomic mass is 9.77. The van der Waals surface area contributed by atoms with E-state index < -0.39 is 17.4 Å². The molecule has 160 valence electrons. The number of carbonyl (C=O) groups excluding carboxylic acids is 2. The average molecular weight is 404 g/mol. The number of hydrogen-bond donors (Lipinski definition) is 3. The molecule has 1 aromatic rings. The highest BCUT2D eigenvalue weighted by Crippen LogP contribution is 2.27. The molecule has 0 aliphatic carbocycles. The Balaban J connectivity index is 2.82. The van der Waals surface area contributed by atoms with Gasteiger partial charge in [-0.25, -0.2) is 4.79 Å². The van der Waals surface area contributed by atoms with E-state index in [-0.39, 0.29) is 30.0 Å². The fourth-order valence-corrected chi connectivity index (χ4v) is 3.29. The molecule has 0 fully saturated rings. The van der Waals surface area contributed by atoms with Crippen LogP contribution in [-0.4, -0.2) is 60.5 Å². The van der Waals surface area contributed by atoms with Crippen molar-refractivity contribution in [3.8, 4) is 0 Å². The van der Waals surface area contributed by atoms with Gasteiger partial charge in [0.1, 0.15) is 0 Å². The van der Waals surface area contributed by atoms with Gasteiger partial charge < -0.3 is 20.6 Å². The molecule has 7 heteroatoms. The molecule has 2 atom stereocenters. The van der Waals surface area contributed by atoms with Gasteiger partial charge in [0, 0.05) is 18.0 Å². The van der Waals surface area contributed by atoms with E-state index in [4.69, 9.17) is 5.11 Å². The standard InChI is InChI=1S/C22H33N3O4/c1-7-17(13-15(2)21(28)29)25(6)18(26)14-24-20(27)19(23-5)22(3,4)16-11-9-8-10-12-16/h8-13,17,19,23H,7,14H2,1-6H3,(H,24,27)(H,28,29)/b15-13+/t17-,19+/m0/s1. The minimum absolute atomic E-state index is 0.158. The number of benzene rings is 1. The van der Waals surface area contributed by atoms with Gasteiger partial charge in [0.25, 0.3) is 0 Å². The molecule has 1 aromatic carbocycles. The molecule has 2 amide bonds. The van der Waals surface area contributed by atoms with Gasteiger partial charge in [-0.3, -0.25) is 9.59 Å². The Morgan fingerprint density at radius 1 is 1.21 bits per heavy atom. The van der Waals surface area contributed by atoms with E-state index in [0.29, 0.717) is 6.42 Å². The van der Waals surface area contributed by atoms with Gasteiger partial charge in [-0.15, -0.1) is 0 Å². The van der Waals surface area contributed by atoms with E-state index >= 15 is 0 Å². The van der Waals surface area contributed by atoms with Crippen molar-refractivity contribution < 1.29 is 19.5 Å². The summed E-state index contributed by atoms with van der Waals surface area (Å²) in [6.07, 6.45) is 2.12. The number of amides is 2. The SMILES string of the molecule is CC[C@@H](/C=C(\C)C(=O)O)N(C)C(=O)CNC(=O)[C@@H](NC)C(C)(C)c1ccccc1.